The van der Waals surface area contributed by atoms with Gasteiger partial charge in [-0.05, 0) is 35.8 Å². The van der Waals surface area contributed by atoms with E-state index in [-0.39, 0.29) is 29.6 Å². The maximum absolute atomic E-state index is 13.5. The number of aliphatic carboxylic acids is 1. The summed E-state index contributed by atoms with van der Waals surface area (Å²) in [6.45, 7) is 12.3. The van der Waals surface area contributed by atoms with Crippen molar-refractivity contribution in [3.63, 3.8) is 0 Å². The van der Waals surface area contributed by atoms with Crippen molar-refractivity contribution < 1.29 is 14.7 Å². The number of benzene rings is 1. The Hall–Kier alpha value is -1.90. The molecule has 0 saturated heterocycles. The summed E-state index contributed by atoms with van der Waals surface area (Å²) in [6, 6.07) is 6.08. The smallest absolute Gasteiger partial charge is 0.331 e. The van der Waals surface area contributed by atoms with Crippen molar-refractivity contribution in [2.75, 3.05) is 0 Å². The van der Waals surface area contributed by atoms with Crippen molar-refractivity contribution in [2.24, 2.45) is 5.41 Å². The van der Waals surface area contributed by atoms with E-state index in [0.717, 1.165) is 48.8 Å². The van der Waals surface area contributed by atoms with Crippen LogP contribution >= 0.6 is 0 Å². The van der Waals surface area contributed by atoms with E-state index in [1.165, 1.54) is 0 Å². The first-order valence-electron chi connectivity index (χ1n) is 9.78. The van der Waals surface area contributed by atoms with E-state index in [1.807, 2.05) is 18.2 Å². The summed E-state index contributed by atoms with van der Waals surface area (Å²) in [6.07, 6.45) is 4.75. The summed E-state index contributed by atoms with van der Waals surface area (Å²) >= 11 is 0. The van der Waals surface area contributed by atoms with Crippen LogP contribution in [0.2, 0.25) is 0 Å². The number of Topliss-reactive ketones (excluding diaryl/α,β-unsaturated/α-hetero) is 1. The predicted octanol–water partition coefficient (Wildman–Crippen LogP) is 6.10. The van der Waals surface area contributed by atoms with Crippen molar-refractivity contribution >= 4 is 11.8 Å². The van der Waals surface area contributed by atoms with E-state index in [0.29, 0.717) is 0 Å². The highest BCUT2D eigenvalue weighted by Crippen LogP contribution is 2.46. The second kappa shape index (κ2) is 8.20. The lowest BCUT2D eigenvalue weighted by Gasteiger charge is -2.37. The topological polar surface area (TPSA) is 54.4 Å². The SMILES string of the molecule is C=C(C(=O)O)C1(CC(=O)c2c(C(C)C)cccc2C(C)C)CCCCC1. The molecule has 1 aromatic rings. The summed E-state index contributed by atoms with van der Waals surface area (Å²) < 4.78 is 0. The van der Waals surface area contributed by atoms with Gasteiger partial charge >= 0.3 is 5.97 Å². The zero-order valence-electron chi connectivity index (χ0n) is 16.6. The fourth-order valence-corrected chi connectivity index (χ4v) is 4.31. The second-order valence-electron chi connectivity index (χ2n) is 8.35. The van der Waals surface area contributed by atoms with E-state index < -0.39 is 11.4 Å². The molecule has 0 unspecified atom stereocenters. The van der Waals surface area contributed by atoms with Gasteiger partial charge in [-0.1, -0.05) is 71.7 Å². The molecule has 1 fully saturated rings. The molecule has 0 aromatic heterocycles. The van der Waals surface area contributed by atoms with Gasteiger partial charge < -0.3 is 5.11 Å². The van der Waals surface area contributed by atoms with Crippen LogP contribution in [0.1, 0.15) is 99.5 Å². The average Bonchev–Trinajstić information content (AvgIpc) is 2.60. The number of ketones is 1. The molecule has 0 atom stereocenters. The first kappa shape index (κ1) is 20.4. The molecule has 2 rings (SSSR count). The molecule has 26 heavy (non-hydrogen) atoms. The molecule has 0 aliphatic heterocycles. The molecule has 0 amide bonds. The molecule has 1 aromatic carbocycles. The van der Waals surface area contributed by atoms with Gasteiger partial charge in [0.1, 0.15) is 0 Å². The van der Waals surface area contributed by atoms with E-state index >= 15 is 0 Å². The van der Waals surface area contributed by atoms with Crippen LogP contribution in [-0.4, -0.2) is 16.9 Å². The highest BCUT2D eigenvalue weighted by atomic mass is 16.4. The summed E-state index contributed by atoms with van der Waals surface area (Å²) in [5.74, 6) is -0.404. The molecule has 0 radical (unpaired) electrons. The largest absolute Gasteiger partial charge is 0.478 e. The van der Waals surface area contributed by atoms with Gasteiger partial charge in [-0.15, -0.1) is 0 Å². The molecule has 142 valence electrons. The van der Waals surface area contributed by atoms with Crippen LogP contribution in [0.4, 0.5) is 0 Å². The van der Waals surface area contributed by atoms with Gasteiger partial charge in [-0.2, -0.15) is 0 Å². The summed E-state index contributed by atoms with van der Waals surface area (Å²) in [5.41, 5.74) is 2.54. The van der Waals surface area contributed by atoms with Gasteiger partial charge in [0.05, 0.1) is 0 Å². The minimum atomic E-state index is -0.971. The number of carbonyl (C=O) groups excluding carboxylic acids is 1. The van der Waals surface area contributed by atoms with Gasteiger partial charge in [-0.3, -0.25) is 4.79 Å². The third kappa shape index (κ3) is 4.08. The second-order valence-corrected chi connectivity index (χ2v) is 8.35. The lowest BCUT2D eigenvalue weighted by Crippen LogP contribution is -2.33. The third-order valence-corrected chi connectivity index (χ3v) is 5.86. The van der Waals surface area contributed by atoms with Crippen LogP contribution in [0.25, 0.3) is 0 Å². The number of carboxylic acid groups (broad SMARTS) is 1. The van der Waals surface area contributed by atoms with Crippen molar-refractivity contribution in [1.29, 1.82) is 0 Å². The zero-order valence-corrected chi connectivity index (χ0v) is 16.6. The number of rotatable bonds is 7. The zero-order chi connectivity index (χ0) is 19.5. The van der Waals surface area contributed by atoms with Crippen LogP contribution < -0.4 is 0 Å². The van der Waals surface area contributed by atoms with Gasteiger partial charge in [0, 0.05) is 23.0 Å². The first-order valence-corrected chi connectivity index (χ1v) is 9.78. The van der Waals surface area contributed by atoms with Crippen molar-refractivity contribution in [3.05, 3.63) is 47.0 Å². The highest BCUT2D eigenvalue weighted by Gasteiger charge is 2.40. The summed E-state index contributed by atoms with van der Waals surface area (Å²) in [5, 5.41) is 9.56. The third-order valence-electron chi connectivity index (χ3n) is 5.86. The lowest BCUT2D eigenvalue weighted by atomic mass is 9.65. The molecular weight excluding hydrogens is 324 g/mol. The van der Waals surface area contributed by atoms with Gasteiger partial charge in [-0.25, -0.2) is 4.79 Å². The maximum atomic E-state index is 13.5. The number of carbonyl (C=O) groups is 2. The van der Waals surface area contributed by atoms with E-state index in [1.54, 1.807) is 0 Å². The summed E-state index contributed by atoms with van der Waals surface area (Å²) in [7, 11) is 0. The Labute approximate surface area is 157 Å². The molecule has 0 heterocycles. The minimum absolute atomic E-state index is 0.0716. The maximum Gasteiger partial charge on any atom is 0.331 e. The normalized spacial score (nSPS) is 16.7. The lowest BCUT2D eigenvalue weighted by molar-refractivity contribution is -0.134. The monoisotopic (exact) mass is 356 g/mol. The fraction of sp³-hybridized carbons (Fsp3) is 0.565. The van der Waals surface area contributed by atoms with Crippen molar-refractivity contribution in [2.45, 2.75) is 78.1 Å². The Kier molecular flexibility index (Phi) is 6.44. The summed E-state index contributed by atoms with van der Waals surface area (Å²) in [4.78, 5) is 25.1. The molecule has 3 heteroatoms. The predicted molar refractivity (Wildman–Crippen MR) is 106 cm³/mol. The molecule has 0 spiro atoms. The van der Waals surface area contributed by atoms with Gasteiger partial charge in [0.15, 0.2) is 5.78 Å². The molecule has 1 N–H and O–H groups in total. The first-order chi connectivity index (χ1) is 12.2. The highest BCUT2D eigenvalue weighted by molar-refractivity contribution is 6.01. The standard InChI is InChI=1S/C23H32O3/c1-15(2)18-10-9-11-19(16(3)4)21(18)20(24)14-23(17(5)22(25)26)12-7-6-8-13-23/h9-11,15-16H,5-8,12-14H2,1-4H3,(H,25,26). The van der Waals surface area contributed by atoms with Crippen LogP contribution in [-0.2, 0) is 4.79 Å². The Morgan fingerprint density at radius 3 is 1.96 bits per heavy atom. The Balaban J connectivity index is 2.47. The van der Waals surface area contributed by atoms with Crippen molar-refractivity contribution in [3.8, 4) is 0 Å². The molecule has 0 bridgehead atoms. The Morgan fingerprint density at radius 2 is 1.54 bits per heavy atom. The molecular formula is C23H32O3. The van der Waals surface area contributed by atoms with E-state index in [9.17, 15) is 14.7 Å². The molecule has 1 aliphatic carbocycles. The number of hydrogen-bond donors (Lipinski definition) is 1. The Morgan fingerprint density at radius 1 is 1.04 bits per heavy atom. The minimum Gasteiger partial charge on any atom is -0.478 e. The van der Waals surface area contributed by atoms with E-state index in [4.69, 9.17) is 0 Å². The Bertz CT molecular complexity index is 665. The van der Waals surface area contributed by atoms with Crippen LogP contribution in [0.15, 0.2) is 30.4 Å². The molecule has 1 saturated carbocycles. The quantitative estimate of drug-likeness (QED) is 0.474. The fourth-order valence-electron chi connectivity index (χ4n) is 4.31. The molecule has 3 nitrogen and oxygen atoms in total. The molecule has 1 aliphatic rings. The van der Waals surface area contributed by atoms with E-state index in [2.05, 4.69) is 34.3 Å². The van der Waals surface area contributed by atoms with Crippen LogP contribution in [0, 0.1) is 5.41 Å². The number of hydrogen-bond acceptors (Lipinski definition) is 2. The van der Waals surface area contributed by atoms with Gasteiger partial charge in [0.2, 0.25) is 0 Å². The average molecular weight is 357 g/mol. The number of carboxylic acids is 1. The van der Waals surface area contributed by atoms with Crippen LogP contribution in [0.5, 0.6) is 0 Å². The van der Waals surface area contributed by atoms with Gasteiger partial charge in [0.25, 0.3) is 0 Å². The van der Waals surface area contributed by atoms with Crippen molar-refractivity contribution in [1.82, 2.24) is 0 Å². The van der Waals surface area contributed by atoms with Crippen LogP contribution in [0.3, 0.4) is 0 Å².